The fourth-order valence-corrected chi connectivity index (χ4v) is 1.70. The van der Waals surface area contributed by atoms with Crippen LogP contribution in [0.15, 0.2) is 36.4 Å². The van der Waals surface area contributed by atoms with Crippen molar-refractivity contribution < 1.29 is 0 Å². The lowest BCUT2D eigenvalue weighted by molar-refractivity contribution is 1.19. The molecule has 1 aromatic carbocycles. The molecule has 0 fully saturated rings. The molecule has 2 aromatic rings. The molecule has 0 saturated heterocycles. The lowest BCUT2D eigenvalue weighted by Crippen LogP contribution is -1.96. The van der Waals surface area contributed by atoms with Crippen molar-refractivity contribution in [1.82, 2.24) is 4.98 Å². The number of nitrogens with zero attached hydrogens (tertiary/aromatic N) is 1. The molecule has 0 saturated carbocycles. The van der Waals surface area contributed by atoms with Crippen molar-refractivity contribution in [3.63, 3.8) is 0 Å². The predicted molar refractivity (Wildman–Crippen MR) is 68.2 cm³/mol. The highest BCUT2D eigenvalue weighted by Crippen LogP contribution is 2.20. The molecule has 2 rings (SSSR count). The van der Waals surface area contributed by atoms with Crippen LogP contribution in [-0.4, -0.2) is 4.98 Å². The molecule has 0 spiro atoms. The molecule has 2 heteroatoms. The molecule has 1 aromatic heterocycles. The molecule has 0 aliphatic rings. The highest BCUT2D eigenvalue weighted by molar-refractivity contribution is 5.60. The zero-order chi connectivity index (χ0) is 11.5. The summed E-state index contributed by atoms with van der Waals surface area (Å²) in [5.41, 5.74) is 4.65. The summed E-state index contributed by atoms with van der Waals surface area (Å²) in [6.45, 7) is 6.19. The van der Waals surface area contributed by atoms with Gasteiger partial charge in [0.05, 0.1) is 0 Å². The third kappa shape index (κ3) is 2.40. The van der Waals surface area contributed by atoms with Gasteiger partial charge in [0.2, 0.25) is 0 Å². The molecule has 0 aliphatic carbocycles. The normalized spacial score (nSPS) is 10.2. The molecule has 1 heterocycles. The van der Waals surface area contributed by atoms with Crippen molar-refractivity contribution in [2.24, 2.45) is 0 Å². The summed E-state index contributed by atoms with van der Waals surface area (Å²) in [4.78, 5) is 4.42. The Bertz CT molecular complexity index is 504. The largest absolute Gasteiger partial charge is 0.340 e. The van der Waals surface area contributed by atoms with Crippen LogP contribution >= 0.6 is 0 Å². The first-order chi connectivity index (χ1) is 7.65. The predicted octanol–water partition coefficient (Wildman–Crippen LogP) is 3.75. The molecule has 0 bridgehead atoms. The first kappa shape index (κ1) is 10.7. The number of benzene rings is 1. The second kappa shape index (κ2) is 4.35. The van der Waals surface area contributed by atoms with Crippen molar-refractivity contribution in [2.75, 3.05) is 5.32 Å². The number of anilines is 2. The Morgan fingerprint density at radius 2 is 1.81 bits per heavy atom. The average Bonchev–Trinajstić information content (AvgIpc) is 2.22. The van der Waals surface area contributed by atoms with Gasteiger partial charge in [-0.1, -0.05) is 23.8 Å². The van der Waals surface area contributed by atoms with Gasteiger partial charge in [0, 0.05) is 11.4 Å². The monoisotopic (exact) mass is 212 g/mol. The number of hydrogen-bond acceptors (Lipinski definition) is 2. The maximum atomic E-state index is 4.42. The van der Waals surface area contributed by atoms with Crippen molar-refractivity contribution in [3.05, 3.63) is 53.2 Å². The Balaban J connectivity index is 2.27. The van der Waals surface area contributed by atoms with Crippen molar-refractivity contribution in [2.45, 2.75) is 20.8 Å². The van der Waals surface area contributed by atoms with Crippen LogP contribution in [0, 0.1) is 20.8 Å². The highest BCUT2D eigenvalue weighted by atomic mass is 15.0. The molecular formula is C14H16N2. The summed E-state index contributed by atoms with van der Waals surface area (Å²) in [6, 6.07) is 12.3. The molecule has 0 radical (unpaired) electrons. The van der Waals surface area contributed by atoms with Gasteiger partial charge in [-0.3, -0.25) is 0 Å². The van der Waals surface area contributed by atoms with Crippen LogP contribution in [0.3, 0.4) is 0 Å². The van der Waals surface area contributed by atoms with E-state index in [9.17, 15) is 0 Å². The van der Waals surface area contributed by atoms with Crippen molar-refractivity contribution >= 4 is 11.5 Å². The van der Waals surface area contributed by atoms with E-state index in [0.29, 0.717) is 0 Å². The van der Waals surface area contributed by atoms with Gasteiger partial charge in [-0.15, -0.1) is 0 Å². The van der Waals surface area contributed by atoms with E-state index in [0.717, 1.165) is 17.2 Å². The Kier molecular flexibility index (Phi) is 2.91. The lowest BCUT2D eigenvalue weighted by Gasteiger charge is -2.09. The van der Waals surface area contributed by atoms with E-state index in [1.165, 1.54) is 11.1 Å². The lowest BCUT2D eigenvalue weighted by atomic mass is 10.1. The standard InChI is InChI=1S/C14H16N2/c1-10-7-8-13(11(2)9-10)16-14-6-4-5-12(3)15-14/h4-9H,1-3H3,(H,15,16). The van der Waals surface area contributed by atoms with Gasteiger partial charge in [-0.25, -0.2) is 4.98 Å². The van der Waals surface area contributed by atoms with Gasteiger partial charge >= 0.3 is 0 Å². The van der Waals surface area contributed by atoms with Crippen molar-refractivity contribution in [1.29, 1.82) is 0 Å². The topological polar surface area (TPSA) is 24.9 Å². The van der Waals surface area contributed by atoms with E-state index in [2.05, 4.69) is 42.3 Å². The Morgan fingerprint density at radius 3 is 2.50 bits per heavy atom. The molecule has 0 amide bonds. The van der Waals surface area contributed by atoms with Crippen molar-refractivity contribution in [3.8, 4) is 0 Å². The summed E-state index contributed by atoms with van der Waals surface area (Å²) < 4.78 is 0. The minimum atomic E-state index is 0.895. The summed E-state index contributed by atoms with van der Waals surface area (Å²) in [6.07, 6.45) is 0. The second-order valence-electron chi connectivity index (χ2n) is 4.11. The number of nitrogens with one attached hydrogen (secondary N) is 1. The van der Waals surface area contributed by atoms with E-state index in [-0.39, 0.29) is 0 Å². The fourth-order valence-electron chi connectivity index (χ4n) is 1.70. The molecule has 16 heavy (non-hydrogen) atoms. The first-order valence-electron chi connectivity index (χ1n) is 5.43. The molecular weight excluding hydrogens is 196 g/mol. The second-order valence-corrected chi connectivity index (χ2v) is 4.11. The van der Waals surface area contributed by atoms with Crippen LogP contribution in [-0.2, 0) is 0 Å². The summed E-state index contributed by atoms with van der Waals surface area (Å²) in [7, 11) is 0. The van der Waals surface area contributed by atoms with Gasteiger partial charge < -0.3 is 5.32 Å². The minimum absolute atomic E-state index is 0.895. The quantitative estimate of drug-likeness (QED) is 0.820. The smallest absolute Gasteiger partial charge is 0.130 e. The van der Waals surface area contributed by atoms with Crippen LogP contribution in [0.25, 0.3) is 0 Å². The van der Waals surface area contributed by atoms with Crippen LogP contribution in [0.2, 0.25) is 0 Å². The molecule has 2 nitrogen and oxygen atoms in total. The van der Waals surface area contributed by atoms with Gasteiger partial charge in [-0.05, 0) is 44.5 Å². The van der Waals surface area contributed by atoms with E-state index in [1.54, 1.807) is 0 Å². The molecule has 1 N–H and O–H groups in total. The fraction of sp³-hybridized carbons (Fsp3) is 0.214. The zero-order valence-electron chi connectivity index (χ0n) is 9.91. The molecule has 0 atom stereocenters. The number of aromatic nitrogens is 1. The maximum Gasteiger partial charge on any atom is 0.130 e. The number of pyridine rings is 1. The van der Waals surface area contributed by atoms with Crippen LogP contribution < -0.4 is 5.32 Å². The number of hydrogen-bond donors (Lipinski definition) is 1. The average molecular weight is 212 g/mol. The Morgan fingerprint density at radius 1 is 1.00 bits per heavy atom. The van der Waals surface area contributed by atoms with Gasteiger partial charge in [0.15, 0.2) is 0 Å². The van der Waals surface area contributed by atoms with Gasteiger partial charge in [0.25, 0.3) is 0 Å². The number of rotatable bonds is 2. The van der Waals surface area contributed by atoms with E-state index < -0.39 is 0 Å². The highest BCUT2D eigenvalue weighted by Gasteiger charge is 1.99. The zero-order valence-corrected chi connectivity index (χ0v) is 9.91. The molecule has 82 valence electrons. The Hall–Kier alpha value is -1.83. The van der Waals surface area contributed by atoms with Crippen LogP contribution in [0.4, 0.5) is 11.5 Å². The molecule has 0 aliphatic heterocycles. The van der Waals surface area contributed by atoms with Crippen LogP contribution in [0.1, 0.15) is 16.8 Å². The van der Waals surface area contributed by atoms with Gasteiger partial charge in [-0.2, -0.15) is 0 Å². The van der Waals surface area contributed by atoms with Crippen LogP contribution in [0.5, 0.6) is 0 Å². The summed E-state index contributed by atoms with van der Waals surface area (Å²) >= 11 is 0. The maximum absolute atomic E-state index is 4.42. The molecule has 0 unspecified atom stereocenters. The first-order valence-corrected chi connectivity index (χ1v) is 5.43. The Labute approximate surface area is 96.4 Å². The number of aryl methyl sites for hydroxylation is 3. The summed E-state index contributed by atoms with van der Waals surface area (Å²) in [5.74, 6) is 0.895. The summed E-state index contributed by atoms with van der Waals surface area (Å²) in [5, 5.41) is 3.33. The van der Waals surface area contributed by atoms with E-state index in [4.69, 9.17) is 0 Å². The minimum Gasteiger partial charge on any atom is -0.340 e. The SMILES string of the molecule is Cc1ccc(Nc2cccc(C)n2)c(C)c1. The third-order valence-electron chi connectivity index (χ3n) is 2.53. The van der Waals surface area contributed by atoms with E-state index >= 15 is 0 Å². The van der Waals surface area contributed by atoms with E-state index in [1.807, 2.05) is 25.1 Å². The third-order valence-corrected chi connectivity index (χ3v) is 2.53. The van der Waals surface area contributed by atoms with Gasteiger partial charge in [0.1, 0.15) is 5.82 Å².